The highest BCUT2D eigenvalue weighted by molar-refractivity contribution is 7.99. The van der Waals surface area contributed by atoms with E-state index in [4.69, 9.17) is 29.0 Å². The Kier molecular flexibility index (Phi) is 4.06. The third-order valence-corrected chi connectivity index (χ3v) is 3.51. The van der Waals surface area contributed by atoms with E-state index in [1.54, 1.807) is 24.4 Å². The van der Waals surface area contributed by atoms with Crippen LogP contribution in [0.3, 0.4) is 0 Å². The molecule has 0 radical (unpaired) electrons. The van der Waals surface area contributed by atoms with Crippen molar-refractivity contribution in [3.05, 3.63) is 40.6 Å². The molecule has 0 atom stereocenters. The number of nitrogens with two attached hydrogens (primary N) is 1. The second-order valence-electron chi connectivity index (χ2n) is 3.06. The number of anilines is 1. The lowest BCUT2D eigenvalue weighted by Gasteiger charge is -2.05. The summed E-state index contributed by atoms with van der Waals surface area (Å²) in [5, 5.41) is 1.93. The zero-order chi connectivity index (χ0) is 12.3. The van der Waals surface area contributed by atoms with Gasteiger partial charge < -0.3 is 5.43 Å². The lowest BCUT2D eigenvalue weighted by atomic mass is 10.4. The van der Waals surface area contributed by atoms with Crippen molar-refractivity contribution in [2.24, 2.45) is 5.84 Å². The fourth-order valence-electron chi connectivity index (χ4n) is 1.13. The summed E-state index contributed by atoms with van der Waals surface area (Å²) in [7, 11) is 0. The third kappa shape index (κ3) is 3.23. The minimum atomic E-state index is 0.494. The van der Waals surface area contributed by atoms with Crippen molar-refractivity contribution in [2.75, 3.05) is 5.43 Å². The van der Waals surface area contributed by atoms with E-state index < -0.39 is 0 Å². The van der Waals surface area contributed by atoms with Crippen LogP contribution in [-0.4, -0.2) is 9.97 Å². The van der Waals surface area contributed by atoms with Gasteiger partial charge in [-0.15, -0.1) is 0 Å². The van der Waals surface area contributed by atoms with Crippen molar-refractivity contribution in [2.45, 2.75) is 9.92 Å². The van der Waals surface area contributed by atoms with Crippen molar-refractivity contribution < 1.29 is 0 Å². The molecule has 1 heterocycles. The quantitative estimate of drug-likeness (QED) is 0.670. The zero-order valence-electron chi connectivity index (χ0n) is 8.52. The Morgan fingerprint density at radius 3 is 2.82 bits per heavy atom. The van der Waals surface area contributed by atoms with Crippen LogP contribution in [0.4, 0.5) is 5.82 Å². The van der Waals surface area contributed by atoms with Gasteiger partial charge in [-0.1, -0.05) is 35.0 Å². The fourth-order valence-corrected chi connectivity index (χ4v) is 2.44. The average molecular weight is 287 g/mol. The maximum atomic E-state index is 6.05. The minimum Gasteiger partial charge on any atom is -0.307 e. The van der Waals surface area contributed by atoms with Crippen LogP contribution in [-0.2, 0) is 0 Å². The van der Waals surface area contributed by atoms with Crippen LogP contribution in [0.2, 0.25) is 10.0 Å². The van der Waals surface area contributed by atoms with Gasteiger partial charge in [0.05, 0.1) is 17.4 Å². The molecule has 0 spiro atoms. The molecule has 7 heteroatoms. The number of hydrogen-bond donors (Lipinski definition) is 2. The van der Waals surface area contributed by atoms with E-state index >= 15 is 0 Å². The van der Waals surface area contributed by atoms with Gasteiger partial charge in [-0.05, 0) is 18.2 Å². The Balaban J connectivity index is 2.27. The molecule has 0 aliphatic carbocycles. The highest BCUT2D eigenvalue weighted by Gasteiger charge is 2.06. The molecule has 0 bridgehead atoms. The third-order valence-electron chi connectivity index (χ3n) is 1.87. The maximum Gasteiger partial charge on any atom is 0.159 e. The highest BCUT2D eigenvalue weighted by atomic mass is 35.5. The normalized spacial score (nSPS) is 10.3. The van der Waals surface area contributed by atoms with Crippen LogP contribution in [0.1, 0.15) is 0 Å². The zero-order valence-corrected chi connectivity index (χ0v) is 10.9. The summed E-state index contributed by atoms with van der Waals surface area (Å²) < 4.78 is 0. The van der Waals surface area contributed by atoms with E-state index in [-0.39, 0.29) is 0 Å². The highest BCUT2D eigenvalue weighted by Crippen LogP contribution is 2.34. The van der Waals surface area contributed by atoms with Crippen LogP contribution < -0.4 is 11.3 Å². The van der Waals surface area contributed by atoms with E-state index in [0.29, 0.717) is 20.9 Å². The molecule has 0 unspecified atom stereocenters. The van der Waals surface area contributed by atoms with Crippen LogP contribution in [0, 0.1) is 0 Å². The van der Waals surface area contributed by atoms with Crippen molar-refractivity contribution in [3.8, 4) is 0 Å². The summed E-state index contributed by atoms with van der Waals surface area (Å²) in [6.45, 7) is 0. The second-order valence-corrected chi connectivity index (χ2v) is 4.97. The van der Waals surface area contributed by atoms with Crippen LogP contribution in [0.15, 0.2) is 40.5 Å². The smallest absolute Gasteiger partial charge is 0.159 e. The minimum absolute atomic E-state index is 0.494. The Morgan fingerprint density at radius 1 is 1.24 bits per heavy atom. The average Bonchev–Trinajstić information content (AvgIpc) is 2.34. The Bertz CT molecular complexity index is 535. The molecule has 0 amide bonds. The second kappa shape index (κ2) is 5.55. The molecule has 2 aromatic rings. The summed E-state index contributed by atoms with van der Waals surface area (Å²) in [6.07, 6.45) is 3.16. The number of hydrogen-bond acceptors (Lipinski definition) is 5. The van der Waals surface area contributed by atoms with Crippen molar-refractivity contribution in [3.63, 3.8) is 0 Å². The lowest BCUT2D eigenvalue weighted by Crippen LogP contribution is -2.08. The number of rotatable bonds is 3. The molecule has 3 N–H and O–H groups in total. The van der Waals surface area contributed by atoms with Gasteiger partial charge in [-0.2, -0.15) is 0 Å². The van der Waals surface area contributed by atoms with Crippen molar-refractivity contribution in [1.82, 2.24) is 9.97 Å². The monoisotopic (exact) mass is 286 g/mol. The Hall–Kier alpha value is -1.01. The van der Waals surface area contributed by atoms with Crippen molar-refractivity contribution in [1.29, 1.82) is 0 Å². The van der Waals surface area contributed by atoms with Crippen molar-refractivity contribution >= 4 is 40.8 Å². The first-order valence-electron chi connectivity index (χ1n) is 4.60. The van der Waals surface area contributed by atoms with E-state index in [1.165, 1.54) is 18.0 Å². The Labute approximate surface area is 113 Å². The molecule has 17 heavy (non-hydrogen) atoms. The predicted molar refractivity (Wildman–Crippen MR) is 70.4 cm³/mol. The Morgan fingerprint density at radius 2 is 2.06 bits per heavy atom. The van der Waals surface area contributed by atoms with E-state index in [2.05, 4.69) is 15.4 Å². The van der Waals surface area contributed by atoms with Gasteiger partial charge in [-0.3, -0.25) is 4.98 Å². The van der Waals surface area contributed by atoms with Crippen LogP contribution in [0.5, 0.6) is 0 Å². The topological polar surface area (TPSA) is 63.8 Å². The number of nitrogen functional groups attached to an aromatic ring is 1. The molecular weight excluding hydrogens is 279 g/mol. The summed E-state index contributed by atoms with van der Waals surface area (Å²) in [5.74, 6) is 5.75. The molecular formula is C10H8Cl2N4S. The molecule has 0 fully saturated rings. The number of nitrogens with one attached hydrogen (secondary N) is 1. The molecule has 0 saturated heterocycles. The SMILES string of the molecule is NNc1cncc(Sc2cc(Cl)ccc2Cl)n1. The molecule has 1 aromatic heterocycles. The maximum absolute atomic E-state index is 6.05. The van der Waals surface area contributed by atoms with Gasteiger partial charge in [0.2, 0.25) is 0 Å². The van der Waals surface area contributed by atoms with Crippen LogP contribution in [0.25, 0.3) is 0 Å². The van der Waals surface area contributed by atoms with Crippen LogP contribution >= 0.6 is 35.0 Å². The number of hydrazine groups is 1. The number of benzene rings is 1. The molecule has 1 aromatic carbocycles. The van der Waals surface area contributed by atoms with Gasteiger partial charge >= 0.3 is 0 Å². The summed E-state index contributed by atoms with van der Waals surface area (Å²) in [6, 6.07) is 5.25. The largest absolute Gasteiger partial charge is 0.307 e. The molecule has 88 valence electrons. The van der Waals surface area contributed by atoms with Gasteiger partial charge in [0.25, 0.3) is 0 Å². The first-order valence-corrected chi connectivity index (χ1v) is 6.18. The number of aromatic nitrogens is 2. The van der Waals surface area contributed by atoms with E-state index in [1.807, 2.05) is 0 Å². The first kappa shape index (κ1) is 12.4. The standard InChI is InChI=1S/C10H8Cl2N4S/c11-6-1-2-7(12)8(3-6)17-10-5-14-4-9(15-10)16-13/h1-5H,13H2,(H,15,16). The first-order chi connectivity index (χ1) is 8.19. The molecule has 0 aliphatic heterocycles. The van der Waals surface area contributed by atoms with Gasteiger partial charge in [0.1, 0.15) is 5.03 Å². The predicted octanol–water partition coefficient (Wildman–Crippen LogP) is 3.22. The molecule has 4 nitrogen and oxygen atoms in total. The lowest BCUT2D eigenvalue weighted by molar-refractivity contribution is 1.04. The van der Waals surface area contributed by atoms with Gasteiger partial charge in [0, 0.05) is 9.92 Å². The molecule has 0 saturated carbocycles. The summed E-state index contributed by atoms with van der Waals surface area (Å²) >= 11 is 13.3. The molecule has 0 aliphatic rings. The number of halogens is 2. The summed E-state index contributed by atoms with van der Waals surface area (Å²) in [4.78, 5) is 9.04. The van der Waals surface area contributed by atoms with E-state index in [0.717, 1.165) is 4.90 Å². The fraction of sp³-hybridized carbons (Fsp3) is 0. The van der Waals surface area contributed by atoms with Gasteiger partial charge in [-0.25, -0.2) is 10.8 Å². The molecule has 2 rings (SSSR count). The summed E-state index contributed by atoms with van der Waals surface area (Å²) in [5.41, 5.74) is 2.43. The van der Waals surface area contributed by atoms with Gasteiger partial charge in [0.15, 0.2) is 5.82 Å². The van der Waals surface area contributed by atoms with E-state index in [9.17, 15) is 0 Å². The number of nitrogens with zero attached hydrogens (tertiary/aromatic N) is 2.